The molecule has 0 bridgehead atoms. The molecule has 0 aliphatic carbocycles. The molecule has 3 aromatic rings. The van der Waals surface area contributed by atoms with Crippen LogP contribution in [0.3, 0.4) is 0 Å². The highest BCUT2D eigenvalue weighted by atomic mass is 16.5. The summed E-state index contributed by atoms with van der Waals surface area (Å²) in [4.78, 5) is 28.2. The minimum absolute atomic E-state index is 0.105. The van der Waals surface area contributed by atoms with E-state index >= 15 is 0 Å². The van der Waals surface area contributed by atoms with Crippen LogP contribution in [0.1, 0.15) is 16.7 Å². The fourth-order valence-electron chi connectivity index (χ4n) is 3.71. The average molecular weight is 428 g/mol. The maximum Gasteiger partial charge on any atom is 0.278 e. The first-order chi connectivity index (χ1) is 15.5. The molecule has 1 aliphatic heterocycles. The monoisotopic (exact) mass is 428 g/mol. The number of nitrogens with zero attached hydrogens (tertiary/aromatic N) is 1. The van der Waals surface area contributed by atoms with Crippen molar-refractivity contribution in [3.63, 3.8) is 0 Å². The van der Waals surface area contributed by atoms with E-state index in [1.165, 1.54) is 4.90 Å². The van der Waals surface area contributed by atoms with Crippen molar-refractivity contribution in [2.45, 2.75) is 13.5 Å². The number of para-hydroxylation sites is 3. The Bertz CT molecular complexity index is 1200. The number of aryl methyl sites for hydroxylation is 1. The third kappa shape index (κ3) is 3.95. The molecular weight excluding hydrogens is 404 g/mol. The first-order valence-corrected chi connectivity index (χ1v) is 10.2. The highest BCUT2D eigenvalue weighted by Gasteiger charge is 2.39. The summed E-state index contributed by atoms with van der Waals surface area (Å²) in [5.41, 5.74) is 3.65. The molecule has 2 amide bonds. The van der Waals surface area contributed by atoms with Crippen LogP contribution < -0.4 is 14.8 Å². The van der Waals surface area contributed by atoms with Gasteiger partial charge in [-0.2, -0.15) is 0 Å². The van der Waals surface area contributed by atoms with E-state index in [4.69, 9.17) is 9.47 Å². The summed E-state index contributed by atoms with van der Waals surface area (Å²) in [5.74, 6) is 0.437. The molecular formula is C26H24N2O4. The first-order valence-electron chi connectivity index (χ1n) is 10.2. The maximum atomic E-state index is 13.5. The Morgan fingerprint density at radius 3 is 2.09 bits per heavy atom. The largest absolute Gasteiger partial charge is 0.496 e. The molecule has 0 saturated heterocycles. The Morgan fingerprint density at radius 1 is 0.781 bits per heavy atom. The van der Waals surface area contributed by atoms with Crippen molar-refractivity contribution in [2.75, 3.05) is 19.5 Å². The molecule has 0 fully saturated rings. The molecule has 4 rings (SSSR count). The second-order valence-electron chi connectivity index (χ2n) is 7.45. The summed E-state index contributed by atoms with van der Waals surface area (Å²) in [6, 6.07) is 22.2. The maximum absolute atomic E-state index is 13.5. The summed E-state index contributed by atoms with van der Waals surface area (Å²) in [6.45, 7) is 2.08. The lowest BCUT2D eigenvalue weighted by Gasteiger charge is -2.17. The third-order valence-corrected chi connectivity index (χ3v) is 5.40. The van der Waals surface area contributed by atoms with Crippen molar-refractivity contribution in [1.29, 1.82) is 0 Å². The van der Waals surface area contributed by atoms with Gasteiger partial charge in [-0.05, 0) is 30.7 Å². The minimum atomic E-state index is -0.401. The molecule has 1 heterocycles. The highest BCUT2D eigenvalue weighted by molar-refractivity contribution is 6.36. The summed E-state index contributed by atoms with van der Waals surface area (Å²) in [5, 5.41) is 3.16. The molecule has 1 aliphatic rings. The molecule has 0 atom stereocenters. The molecule has 0 unspecified atom stereocenters. The number of rotatable bonds is 7. The van der Waals surface area contributed by atoms with Crippen LogP contribution in [0.2, 0.25) is 0 Å². The van der Waals surface area contributed by atoms with Crippen molar-refractivity contribution in [1.82, 2.24) is 4.90 Å². The molecule has 1 N–H and O–H groups in total. The Hall–Kier alpha value is -4.06. The van der Waals surface area contributed by atoms with Crippen LogP contribution in [0, 0.1) is 6.92 Å². The van der Waals surface area contributed by atoms with Crippen molar-refractivity contribution in [3.8, 4) is 11.5 Å². The third-order valence-electron chi connectivity index (χ3n) is 5.40. The van der Waals surface area contributed by atoms with Crippen LogP contribution in [0.4, 0.5) is 5.69 Å². The van der Waals surface area contributed by atoms with E-state index in [1.807, 2.05) is 67.6 Å². The van der Waals surface area contributed by atoms with Crippen LogP contribution >= 0.6 is 0 Å². The van der Waals surface area contributed by atoms with Gasteiger partial charge in [0.2, 0.25) is 0 Å². The van der Waals surface area contributed by atoms with Crippen molar-refractivity contribution in [2.24, 2.45) is 0 Å². The molecule has 0 spiro atoms. The molecule has 32 heavy (non-hydrogen) atoms. The van der Waals surface area contributed by atoms with Gasteiger partial charge in [0.1, 0.15) is 17.2 Å². The second-order valence-corrected chi connectivity index (χ2v) is 7.45. The topological polar surface area (TPSA) is 67.9 Å². The van der Waals surface area contributed by atoms with E-state index < -0.39 is 5.91 Å². The van der Waals surface area contributed by atoms with Gasteiger partial charge in [0.05, 0.1) is 32.0 Å². The van der Waals surface area contributed by atoms with E-state index in [1.54, 1.807) is 26.4 Å². The molecule has 0 radical (unpaired) electrons. The van der Waals surface area contributed by atoms with E-state index in [9.17, 15) is 9.59 Å². The van der Waals surface area contributed by atoms with Gasteiger partial charge in [0.15, 0.2) is 0 Å². The summed E-state index contributed by atoms with van der Waals surface area (Å²) in [6.07, 6.45) is 0. The quantitative estimate of drug-likeness (QED) is 0.565. The standard InChI is InChI=1S/C26H24N2O4/c1-17-12-14-18(15-13-17)23-24(27-20-9-5-7-11-22(20)32-3)26(30)28(25(23)29)16-19-8-4-6-10-21(19)31-2/h4-15,27H,16H2,1-3H3. The van der Waals surface area contributed by atoms with Crippen LogP contribution in [0.25, 0.3) is 5.57 Å². The number of ether oxygens (including phenoxy) is 2. The number of hydrogen-bond donors (Lipinski definition) is 1. The molecule has 162 valence electrons. The number of anilines is 1. The Balaban J connectivity index is 1.77. The van der Waals surface area contributed by atoms with Crippen molar-refractivity contribution in [3.05, 3.63) is 95.2 Å². The van der Waals surface area contributed by atoms with Gasteiger partial charge in [-0.15, -0.1) is 0 Å². The van der Waals surface area contributed by atoms with Gasteiger partial charge in [0.25, 0.3) is 11.8 Å². The fourth-order valence-corrected chi connectivity index (χ4v) is 3.71. The summed E-state index contributed by atoms with van der Waals surface area (Å²) < 4.78 is 10.8. The van der Waals surface area contributed by atoms with Gasteiger partial charge in [0, 0.05) is 5.56 Å². The lowest BCUT2D eigenvalue weighted by Crippen LogP contribution is -2.32. The molecule has 6 heteroatoms. The SMILES string of the molecule is COc1ccccc1CN1C(=O)C(Nc2ccccc2OC)=C(c2ccc(C)cc2)C1=O. The van der Waals surface area contributed by atoms with Crippen molar-refractivity contribution >= 4 is 23.1 Å². The van der Waals surface area contributed by atoms with E-state index in [0.29, 0.717) is 28.3 Å². The lowest BCUT2D eigenvalue weighted by molar-refractivity contribution is -0.137. The van der Waals surface area contributed by atoms with Crippen LogP contribution in [-0.2, 0) is 16.1 Å². The van der Waals surface area contributed by atoms with Gasteiger partial charge in [-0.3, -0.25) is 14.5 Å². The predicted octanol–water partition coefficient (Wildman–Crippen LogP) is 4.40. The molecule has 3 aromatic carbocycles. The summed E-state index contributed by atoms with van der Waals surface area (Å²) >= 11 is 0. The Labute approximate surface area is 187 Å². The average Bonchev–Trinajstić information content (AvgIpc) is 3.04. The van der Waals surface area contributed by atoms with Crippen molar-refractivity contribution < 1.29 is 19.1 Å². The smallest absolute Gasteiger partial charge is 0.278 e. The zero-order valence-corrected chi connectivity index (χ0v) is 18.2. The lowest BCUT2D eigenvalue weighted by atomic mass is 10.0. The number of benzene rings is 3. The van der Waals surface area contributed by atoms with Gasteiger partial charge >= 0.3 is 0 Å². The summed E-state index contributed by atoms with van der Waals surface area (Å²) in [7, 11) is 3.13. The van der Waals surface area contributed by atoms with Gasteiger partial charge in [-0.1, -0.05) is 60.2 Å². The van der Waals surface area contributed by atoms with Crippen LogP contribution in [0.15, 0.2) is 78.5 Å². The number of carbonyl (C=O) groups excluding carboxylic acids is 2. The number of methoxy groups -OCH3 is 2. The normalized spacial score (nSPS) is 13.5. The molecule has 6 nitrogen and oxygen atoms in total. The zero-order valence-electron chi connectivity index (χ0n) is 18.2. The van der Waals surface area contributed by atoms with Crippen LogP contribution in [-0.4, -0.2) is 30.9 Å². The number of amides is 2. The molecule has 0 saturated carbocycles. The fraction of sp³-hybridized carbons (Fsp3) is 0.154. The van der Waals surface area contributed by atoms with E-state index in [2.05, 4.69) is 5.32 Å². The zero-order chi connectivity index (χ0) is 22.7. The van der Waals surface area contributed by atoms with E-state index in [-0.39, 0.29) is 18.1 Å². The first kappa shape index (κ1) is 21.2. The van der Waals surface area contributed by atoms with Gasteiger partial charge in [-0.25, -0.2) is 0 Å². The predicted molar refractivity (Wildman–Crippen MR) is 123 cm³/mol. The Morgan fingerprint density at radius 2 is 1.41 bits per heavy atom. The minimum Gasteiger partial charge on any atom is -0.496 e. The Kier molecular flexibility index (Phi) is 5.94. The number of carbonyl (C=O) groups is 2. The van der Waals surface area contributed by atoms with Crippen LogP contribution in [0.5, 0.6) is 11.5 Å². The number of hydrogen-bond acceptors (Lipinski definition) is 5. The van der Waals surface area contributed by atoms with E-state index in [0.717, 1.165) is 11.1 Å². The number of imide groups is 1. The molecule has 0 aromatic heterocycles. The van der Waals surface area contributed by atoms with Gasteiger partial charge < -0.3 is 14.8 Å². The second kappa shape index (κ2) is 8.98. The highest BCUT2D eigenvalue weighted by Crippen LogP contribution is 2.34. The number of nitrogens with one attached hydrogen (secondary N) is 1.